The number of nitrogens with zero attached hydrogens (tertiary/aromatic N) is 2. The third-order valence-corrected chi connectivity index (χ3v) is 3.01. The van der Waals surface area contributed by atoms with Crippen molar-refractivity contribution in [2.75, 3.05) is 5.32 Å². The van der Waals surface area contributed by atoms with Gasteiger partial charge in [-0.05, 0) is 38.7 Å². The van der Waals surface area contributed by atoms with Crippen LogP contribution in [0.25, 0.3) is 0 Å². The molecule has 0 aliphatic heterocycles. The first kappa shape index (κ1) is 9.44. The first-order valence-corrected chi connectivity index (χ1v) is 5.32. The van der Waals surface area contributed by atoms with Gasteiger partial charge in [0.05, 0.1) is 0 Å². The van der Waals surface area contributed by atoms with E-state index in [1.807, 2.05) is 13.0 Å². The van der Waals surface area contributed by atoms with E-state index in [9.17, 15) is 0 Å². The Balaban J connectivity index is 1.95. The molecular weight excluding hydrogens is 174 g/mol. The maximum Gasteiger partial charge on any atom is 0.223 e. The van der Waals surface area contributed by atoms with E-state index >= 15 is 0 Å². The zero-order chi connectivity index (χ0) is 9.97. The molecule has 1 unspecified atom stereocenters. The van der Waals surface area contributed by atoms with E-state index < -0.39 is 0 Å². The van der Waals surface area contributed by atoms with E-state index in [0.29, 0.717) is 6.04 Å². The van der Waals surface area contributed by atoms with Crippen LogP contribution in [-0.4, -0.2) is 16.0 Å². The molecular formula is C11H17N3. The van der Waals surface area contributed by atoms with Gasteiger partial charge in [0.25, 0.3) is 0 Å². The van der Waals surface area contributed by atoms with E-state index in [2.05, 4.69) is 22.2 Å². The molecule has 1 aliphatic rings. The lowest BCUT2D eigenvalue weighted by atomic mass is 9.80. The Morgan fingerprint density at radius 2 is 2.29 bits per heavy atom. The Bertz CT molecular complexity index is 307. The summed E-state index contributed by atoms with van der Waals surface area (Å²) in [5.74, 6) is 1.59. The predicted octanol–water partition coefficient (Wildman–Crippen LogP) is 2.39. The number of rotatable bonds is 3. The number of hydrogen-bond acceptors (Lipinski definition) is 3. The van der Waals surface area contributed by atoms with Gasteiger partial charge in [0.15, 0.2) is 0 Å². The molecule has 1 aromatic rings. The van der Waals surface area contributed by atoms with Crippen LogP contribution in [0.5, 0.6) is 0 Å². The molecule has 0 aromatic carbocycles. The highest BCUT2D eigenvalue weighted by molar-refractivity contribution is 5.26. The first-order chi connectivity index (χ1) is 6.75. The normalized spacial score (nSPS) is 18.7. The molecule has 1 N–H and O–H groups in total. The third-order valence-electron chi connectivity index (χ3n) is 3.01. The molecule has 0 spiro atoms. The van der Waals surface area contributed by atoms with Gasteiger partial charge in [-0.2, -0.15) is 0 Å². The van der Waals surface area contributed by atoms with Crippen LogP contribution in [0, 0.1) is 12.8 Å². The molecule has 76 valence electrons. The number of aryl methyl sites for hydroxylation is 1. The summed E-state index contributed by atoms with van der Waals surface area (Å²) < 4.78 is 0. The average Bonchev–Trinajstić information content (AvgIpc) is 1.99. The summed E-state index contributed by atoms with van der Waals surface area (Å²) in [7, 11) is 0. The molecule has 0 bridgehead atoms. The summed E-state index contributed by atoms with van der Waals surface area (Å²) in [5.41, 5.74) is 1.02. The SMILES string of the molecule is Cc1ccnc(NC(C)C2CCC2)n1. The minimum Gasteiger partial charge on any atom is -0.351 e. The van der Waals surface area contributed by atoms with Crippen LogP contribution in [-0.2, 0) is 0 Å². The van der Waals surface area contributed by atoms with Crippen LogP contribution in [0.3, 0.4) is 0 Å². The molecule has 1 fully saturated rings. The van der Waals surface area contributed by atoms with Crippen molar-refractivity contribution >= 4 is 5.95 Å². The summed E-state index contributed by atoms with van der Waals surface area (Å²) in [5, 5.41) is 3.36. The number of aromatic nitrogens is 2. The third kappa shape index (κ3) is 2.03. The molecule has 1 aliphatic carbocycles. The molecule has 14 heavy (non-hydrogen) atoms. The lowest BCUT2D eigenvalue weighted by Gasteiger charge is -2.31. The highest BCUT2D eigenvalue weighted by atomic mass is 15.1. The van der Waals surface area contributed by atoms with Crippen molar-refractivity contribution in [3.05, 3.63) is 18.0 Å². The highest BCUT2D eigenvalue weighted by Crippen LogP contribution is 2.30. The van der Waals surface area contributed by atoms with E-state index in [1.54, 1.807) is 6.20 Å². The molecule has 1 saturated carbocycles. The Labute approximate surface area is 85.0 Å². The largest absolute Gasteiger partial charge is 0.351 e. The monoisotopic (exact) mass is 191 g/mol. The second kappa shape index (κ2) is 3.95. The van der Waals surface area contributed by atoms with Gasteiger partial charge in [-0.15, -0.1) is 0 Å². The van der Waals surface area contributed by atoms with Crippen LogP contribution in [0.2, 0.25) is 0 Å². The van der Waals surface area contributed by atoms with Gasteiger partial charge in [0, 0.05) is 17.9 Å². The summed E-state index contributed by atoms with van der Waals surface area (Å²) >= 11 is 0. The van der Waals surface area contributed by atoms with E-state index in [4.69, 9.17) is 0 Å². The zero-order valence-electron chi connectivity index (χ0n) is 8.83. The fourth-order valence-corrected chi connectivity index (χ4v) is 1.78. The fourth-order valence-electron chi connectivity index (χ4n) is 1.78. The molecule has 3 nitrogen and oxygen atoms in total. The minimum atomic E-state index is 0.505. The van der Waals surface area contributed by atoms with Crippen LogP contribution >= 0.6 is 0 Å². The van der Waals surface area contributed by atoms with Gasteiger partial charge in [-0.3, -0.25) is 0 Å². The van der Waals surface area contributed by atoms with Gasteiger partial charge in [-0.1, -0.05) is 6.42 Å². The second-order valence-electron chi connectivity index (χ2n) is 4.15. The standard InChI is InChI=1S/C11H17N3/c1-8-6-7-12-11(13-8)14-9(2)10-4-3-5-10/h6-7,9-10H,3-5H2,1-2H3,(H,12,13,14). The lowest BCUT2D eigenvalue weighted by molar-refractivity contribution is 0.284. The molecule has 3 heteroatoms. The predicted molar refractivity (Wildman–Crippen MR) is 57.2 cm³/mol. The maximum absolute atomic E-state index is 4.33. The molecule has 1 aromatic heterocycles. The summed E-state index contributed by atoms with van der Waals surface area (Å²) in [6.07, 6.45) is 5.88. The van der Waals surface area contributed by atoms with E-state index in [0.717, 1.165) is 17.6 Å². The number of hydrogen-bond donors (Lipinski definition) is 1. The van der Waals surface area contributed by atoms with Crippen molar-refractivity contribution in [1.29, 1.82) is 0 Å². The summed E-state index contributed by atoms with van der Waals surface area (Å²) in [4.78, 5) is 8.53. The average molecular weight is 191 g/mol. The van der Waals surface area contributed by atoms with Crippen molar-refractivity contribution in [3.63, 3.8) is 0 Å². The van der Waals surface area contributed by atoms with Gasteiger partial charge in [0.2, 0.25) is 5.95 Å². The number of anilines is 1. The van der Waals surface area contributed by atoms with Crippen molar-refractivity contribution in [1.82, 2.24) is 9.97 Å². The Hall–Kier alpha value is -1.12. The highest BCUT2D eigenvalue weighted by Gasteiger charge is 2.24. The second-order valence-corrected chi connectivity index (χ2v) is 4.15. The van der Waals surface area contributed by atoms with E-state index in [-0.39, 0.29) is 0 Å². The van der Waals surface area contributed by atoms with Crippen molar-refractivity contribution in [2.24, 2.45) is 5.92 Å². The van der Waals surface area contributed by atoms with Gasteiger partial charge in [-0.25, -0.2) is 9.97 Å². The minimum absolute atomic E-state index is 0.505. The van der Waals surface area contributed by atoms with E-state index in [1.165, 1.54) is 19.3 Å². The van der Waals surface area contributed by atoms with Crippen molar-refractivity contribution in [2.45, 2.75) is 39.2 Å². The lowest BCUT2D eigenvalue weighted by Crippen LogP contribution is -2.31. The molecule has 0 radical (unpaired) electrons. The van der Waals surface area contributed by atoms with Crippen LogP contribution < -0.4 is 5.32 Å². The maximum atomic E-state index is 4.33. The summed E-state index contributed by atoms with van der Waals surface area (Å²) in [6.45, 7) is 4.20. The Morgan fingerprint density at radius 1 is 1.50 bits per heavy atom. The van der Waals surface area contributed by atoms with Crippen LogP contribution in [0.15, 0.2) is 12.3 Å². The number of nitrogens with one attached hydrogen (secondary N) is 1. The Kier molecular flexibility index (Phi) is 2.66. The van der Waals surface area contributed by atoms with Crippen molar-refractivity contribution < 1.29 is 0 Å². The van der Waals surface area contributed by atoms with Gasteiger partial charge < -0.3 is 5.32 Å². The van der Waals surface area contributed by atoms with Gasteiger partial charge in [0.1, 0.15) is 0 Å². The molecule has 0 saturated heterocycles. The fraction of sp³-hybridized carbons (Fsp3) is 0.636. The first-order valence-electron chi connectivity index (χ1n) is 5.32. The Morgan fingerprint density at radius 3 is 2.86 bits per heavy atom. The smallest absolute Gasteiger partial charge is 0.223 e. The molecule has 2 rings (SSSR count). The van der Waals surface area contributed by atoms with Crippen molar-refractivity contribution in [3.8, 4) is 0 Å². The quantitative estimate of drug-likeness (QED) is 0.797. The zero-order valence-corrected chi connectivity index (χ0v) is 8.83. The summed E-state index contributed by atoms with van der Waals surface area (Å²) in [6, 6.07) is 2.42. The topological polar surface area (TPSA) is 37.8 Å². The van der Waals surface area contributed by atoms with Gasteiger partial charge >= 0.3 is 0 Å². The van der Waals surface area contributed by atoms with Crippen LogP contribution in [0.1, 0.15) is 31.9 Å². The molecule has 0 amide bonds. The molecule has 1 atom stereocenters. The molecule has 1 heterocycles. The van der Waals surface area contributed by atoms with Crippen LogP contribution in [0.4, 0.5) is 5.95 Å².